The smallest absolute Gasteiger partial charge is 0.270 e. The molecule has 1 aromatic rings. The number of ether oxygens (including phenoxy) is 4. The first-order chi connectivity index (χ1) is 16.7. The van der Waals surface area contributed by atoms with Crippen molar-refractivity contribution >= 4 is 17.5 Å². The van der Waals surface area contributed by atoms with Crippen molar-refractivity contribution in [1.82, 2.24) is 9.80 Å². The van der Waals surface area contributed by atoms with Gasteiger partial charge in [-0.2, -0.15) is 0 Å². The molecule has 0 unspecified atom stereocenters. The van der Waals surface area contributed by atoms with E-state index in [0.717, 1.165) is 12.8 Å². The van der Waals surface area contributed by atoms with Gasteiger partial charge in [0.2, 0.25) is 5.91 Å². The summed E-state index contributed by atoms with van der Waals surface area (Å²) < 4.78 is 23.4. The molecule has 2 amide bonds. The number of nitrogens with zero attached hydrogens (tertiary/aromatic N) is 3. The van der Waals surface area contributed by atoms with Crippen molar-refractivity contribution in [3.05, 3.63) is 33.9 Å². The number of amides is 2. The molecule has 1 fully saturated rings. The number of benzene rings is 1. The molecule has 5 atom stereocenters. The monoisotopic (exact) mass is 493 g/mol. The Balaban J connectivity index is 1.98. The van der Waals surface area contributed by atoms with Crippen molar-refractivity contribution in [2.75, 3.05) is 48.0 Å². The summed E-state index contributed by atoms with van der Waals surface area (Å²) in [5.41, 5.74) is -0.165. The molecule has 3 rings (SSSR count). The van der Waals surface area contributed by atoms with Crippen molar-refractivity contribution in [3.63, 3.8) is 0 Å². The molecule has 2 aliphatic heterocycles. The third-order valence-electron chi connectivity index (χ3n) is 6.88. The molecule has 2 heterocycles. The van der Waals surface area contributed by atoms with Gasteiger partial charge in [0.15, 0.2) is 0 Å². The highest BCUT2D eigenvalue weighted by molar-refractivity contribution is 5.97. The minimum absolute atomic E-state index is 0.0565. The van der Waals surface area contributed by atoms with Gasteiger partial charge in [0, 0.05) is 53.5 Å². The second kappa shape index (κ2) is 11.8. The molecule has 0 aromatic heterocycles. The lowest BCUT2D eigenvalue weighted by atomic mass is 9.98. The second-order valence-corrected chi connectivity index (χ2v) is 9.19. The Labute approximate surface area is 205 Å². The van der Waals surface area contributed by atoms with Crippen molar-refractivity contribution in [3.8, 4) is 5.75 Å². The normalized spacial score (nSPS) is 28.9. The number of non-ortho nitro benzene ring substituents is 1. The number of nitro benzene ring substituents is 1. The molecule has 35 heavy (non-hydrogen) atoms. The lowest BCUT2D eigenvalue weighted by molar-refractivity contribution is -0.384. The fourth-order valence-corrected chi connectivity index (χ4v) is 4.61. The van der Waals surface area contributed by atoms with Crippen LogP contribution < -0.4 is 4.74 Å². The number of carbonyl (C=O) groups excluding carboxylic acids is 2. The second-order valence-electron chi connectivity index (χ2n) is 9.19. The summed E-state index contributed by atoms with van der Waals surface area (Å²) in [6.07, 6.45) is 1.01. The van der Waals surface area contributed by atoms with Crippen LogP contribution in [0.4, 0.5) is 5.69 Å². The zero-order chi connectivity index (χ0) is 25.7. The summed E-state index contributed by atoms with van der Waals surface area (Å²) in [7, 11) is 6.43. The van der Waals surface area contributed by atoms with E-state index in [1.54, 1.807) is 33.0 Å². The summed E-state index contributed by atoms with van der Waals surface area (Å²) in [6, 6.07) is 3.94. The van der Waals surface area contributed by atoms with Crippen LogP contribution >= 0.6 is 0 Å². The van der Waals surface area contributed by atoms with Gasteiger partial charge < -0.3 is 28.7 Å². The largest absolute Gasteiger partial charge is 0.490 e. The van der Waals surface area contributed by atoms with E-state index in [1.807, 2.05) is 0 Å². The summed E-state index contributed by atoms with van der Waals surface area (Å²) in [5, 5.41) is 11.4. The van der Waals surface area contributed by atoms with Crippen LogP contribution in [-0.4, -0.2) is 99.0 Å². The fraction of sp³-hybridized carbons (Fsp3) is 0.667. The highest BCUT2D eigenvalue weighted by Crippen LogP contribution is 2.29. The quantitative estimate of drug-likeness (QED) is 0.464. The van der Waals surface area contributed by atoms with Crippen LogP contribution in [0.5, 0.6) is 5.75 Å². The Morgan fingerprint density at radius 1 is 1.06 bits per heavy atom. The van der Waals surface area contributed by atoms with Crippen LogP contribution in [0.25, 0.3) is 0 Å². The maximum atomic E-state index is 13.4. The summed E-state index contributed by atoms with van der Waals surface area (Å²) in [6.45, 7) is 2.53. The van der Waals surface area contributed by atoms with Gasteiger partial charge in [-0.25, -0.2) is 0 Å². The lowest BCUT2D eigenvalue weighted by Crippen LogP contribution is -2.47. The van der Waals surface area contributed by atoms with Crippen LogP contribution in [0.15, 0.2) is 18.2 Å². The maximum Gasteiger partial charge on any atom is 0.270 e. The van der Waals surface area contributed by atoms with Gasteiger partial charge in [0.25, 0.3) is 11.6 Å². The number of hydrogen-bond donors (Lipinski definition) is 0. The Morgan fingerprint density at radius 2 is 1.77 bits per heavy atom. The SMILES string of the molecule is CO[C@H]1CN(C)C(=O)c2cc([N+](=O)[O-])ccc2OC[C@@H]2O[C@@H](CC[C@H]2OC)CCN(C)C(=O)[C@@H]1C. The number of fused-ring (bicyclic) bond motifs is 3. The number of rotatable bonds is 3. The van der Waals surface area contributed by atoms with Crippen LogP contribution in [0.2, 0.25) is 0 Å². The van der Waals surface area contributed by atoms with Crippen LogP contribution in [0.3, 0.4) is 0 Å². The zero-order valence-electron chi connectivity index (χ0n) is 21.0. The number of hydrogen-bond acceptors (Lipinski definition) is 8. The molecule has 0 radical (unpaired) electrons. The molecule has 11 heteroatoms. The van der Waals surface area contributed by atoms with E-state index in [4.69, 9.17) is 18.9 Å². The Kier molecular flexibility index (Phi) is 9.03. The predicted molar refractivity (Wildman–Crippen MR) is 126 cm³/mol. The van der Waals surface area contributed by atoms with Crippen molar-refractivity contribution < 1.29 is 33.5 Å². The number of likely N-dealkylation sites (N-methyl/N-ethyl adjacent to an activating group) is 1. The number of nitro groups is 1. The van der Waals surface area contributed by atoms with E-state index in [2.05, 4.69) is 0 Å². The average molecular weight is 494 g/mol. The third-order valence-corrected chi connectivity index (χ3v) is 6.88. The summed E-state index contributed by atoms with van der Waals surface area (Å²) in [5.74, 6) is -0.854. The predicted octanol–water partition coefficient (Wildman–Crippen LogP) is 2.12. The topological polar surface area (TPSA) is 121 Å². The van der Waals surface area contributed by atoms with Crippen molar-refractivity contribution in [2.45, 2.75) is 50.6 Å². The maximum absolute atomic E-state index is 13.4. The summed E-state index contributed by atoms with van der Waals surface area (Å²) in [4.78, 5) is 40.3. The third kappa shape index (κ3) is 6.28. The molecular weight excluding hydrogens is 458 g/mol. The van der Waals surface area contributed by atoms with Crippen LogP contribution in [0, 0.1) is 16.0 Å². The van der Waals surface area contributed by atoms with Gasteiger partial charge in [-0.3, -0.25) is 19.7 Å². The van der Waals surface area contributed by atoms with E-state index < -0.39 is 22.9 Å². The van der Waals surface area contributed by atoms with Gasteiger partial charge >= 0.3 is 0 Å². The van der Waals surface area contributed by atoms with E-state index >= 15 is 0 Å². The minimum Gasteiger partial charge on any atom is -0.490 e. The highest BCUT2D eigenvalue weighted by atomic mass is 16.6. The molecule has 0 aliphatic carbocycles. The first kappa shape index (κ1) is 26.8. The molecule has 11 nitrogen and oxygen atoms in total. The zero-order valence-corrected chi connectivity index (χ0v) is 21.0. The number of carbonyl (C=O) groups is 2. The van der Waals surface area contributed by atoms with Gasteiger partial charge in [-0.05, 0) is 25.3 Å². The van der Waals surface area contributed by atoms with Crippen molar-refractivity contribution in [1.29, 1.82) is 0 Å². The molecule has 194 valence electrons. The molecule has 2 aliphatic rings. The Morgan fingerprint density at radius 3 is 2.43 bits per heavy atom. The van der Waals surface area contributed by atoms with Gasteiger partial charge in [0.05, 0.1) is 34.7 Å². The molecule has 2 bridgehead atoms. The van der Waals surface area contributed by atoms with E-state index in [9.17, 15) is 19.7 Å². The Hall–Kier alpha value is -2.76. The molecule has 1 aromatic carbocycles. The van der Waals surface area contributed by atoms with Crippen molar-refractivity contribution in [2.24, 2.45) is 5.92 Å². The first-order valence-electron chi connectivity index (χ1n) is 11.8. The van der Waals surface area contributed by atoms with Crippen LogP contribution in [-0.2, 0) is 19.0 Å². The molecule has 0 spiro atoms. The fourth-order valence-electron chi connectivity index (χ4n) is 4.61. The average Bonchev–Trinajstić information content (AvgIpc) is 2.86. The minimum atomic E-state index is -0.562. The lowest BCUT2D eigenvalue weighted by Gasteiger charge is -2.37. The van der Waals surface area contributed by atoms with E-state index in [0.29, 0.717) is 13.0 Å². The van der Waals surface area contributed by atoms with Gasteiger partial charge in [-0.15, -0.1) is 0 Å². The molecule has 0 saturated carbocycles. The Bertz CT molecular complexity index is 926. The van der Waals surface area contributed by atoms with Crippen LogP contribution in [0.1, 0.15) is 36.5 Å². The van der Waals surface area contributed by atoms with E-state index in [-0.39, 0.29) is 54.4 Å². The van der Waals surface area contributed by atoms with Gasteiger partial charge in [-0.1, -0.05) is 6.92 Å². The highest BCUT2D eigenvalue weighted by Gasteiger charge is 2.34. The first-order valence-corrected chi connectivity index (χ1v) is 11.8. The molecule has 1 saturated heterocycles. The summed E-state index contributed by atoms with van der Waals surface area (Å²) >= 11 is 0. The standard InChI is InChI=1S/C24H35N3O8/c1-15-21(33-5)13-26(3)24(29)18-12-16(27(30)31)6-8-19(18)34-14-22-20(32-4)9-7-17(35-22)10-11-25(2)23(15)28/h6,8,12,15,17,20-22H,7,9-11,13-14H2,1-5H3/t15-,17+,20-,21+,22+/m1/s1. The van der Waals surface area contributed by atoms with E-state index in [1.165, 1.54) is 30.2 Å². The molecular formula is C24H35N3O8. The number of methoxy groups -OCH3 is 2. The van der Waals surface area contributed by atoms with Gasteiger partial charge in [0.1, 0.15) is 18.5 Å². The molecule has 0 N–H and O–H groups in total.